The SMILES string of the molecule is CC1=CC(N)(N)C=CC1=C1C=CC(N)(N)C=C1C. The van der Waals surface area contributed by atoms with Gasteiger partial charge in [-0.25, -0.2) is 0 Å². The van der Waals surface area contributed by atoms with Crippen molar-refractivity contribution in [1.82, 2.24) is 0 Å². The molecule has 2 aliphatic rings. The van der Waals surface area contributed by atoms with Gasteiger partial charge in [0.2, 0.25) is 0 Å². The molecular weight excluding hydrogens is 224 g/mol. The first kappa shape index (κ1) is 13.0. The highest BCUT2D eigenvalue weighted by Crippen LogP contribution is 2.30. The van der Waals surface area contributed by atoms with E-state index < -0.39 is 11.3 Å². The molecule has 4 heteroatoms. The van der Waals surface area contributed by atoms with Crippen LogP contribution in [0.25, 0.3) is 0 Å². The maximum absolute atomic E-state index is 5.86. The van der Waals surface area contributed by atoms with Crippen LogP contribution in [0.1, 0.15) is 13.8 Å². The minimum atomic E-state index is -0.865. The normalized spacial score (nSPS) is 29.0. The topological polar surface area (TPSA) is 104 Å². The van der Waals surface area contributed by atoms with Crippen LogP contribution in [-0.2, 0) is 0 Å². The lowest BCUT2D eigenvalue weighted by molar-refractivity contribution is 0.678. The molecule has 0 heterocycles. The zero-order valence-corrected chi connectivity index (χ0v) is 10.8. The number of hydrogen-bond donors (Lipinski definition) is 4. The van der Waals surface area contributed by atoms with Crippen LogP contribution in [-0.4, -0.2) is 11.3 Å². The van der Waals surface area contributed by atoms with Crippen molar-refractivity contribution in [1.29, 1.82) is 0 Å². The maximum atomic E-state index is 5.86. The van der Waals surface area contributed by atoms with Crippen molar-refractivity contribution >= 4 is 0 Å². The molecule has 8 N–H and O–H groups in total. The Morgan fingerprint density at radius 3 is 1.33 bits per heavy atom. The molecule has 0 aromatic rings. The van der Waals surface area contributed by atoms with Gasteiger partial charge in [-0.1, -0.05) is 12.2 Å². The summed E-state index contributed by atoms with van der Waals surface area (Å²) in [4.78, 5) is 0. The van der Waals surface area contributed by atoms with Crippen LogP contribution < -0.4 is 22.9 Å². The molecular formula is C14H20N4. The second-order valence-electron chi connectivity index (χ2n) is 5.15. The fraction of sp³-hybridized carbons (Fsp3) is 0.286. The second-order valence-corrected chi connectivity index (χ2v) is 5.15. The molecule has 0 atom stereocenters. The van der Waals surface area contributed by atoms with E-state index in [1.165, 1.54) is 0 Å². The van der Waals surface area contributed by atoms with Crippen molar-refractivity contribution < 1.29 is 0 Å². The van der Waals surface area contributed by atoms with Gasteiger partial charge in [-0.2, -0.15) is 0 Å². The summed E-state index contributed by atoms with van der Waals surface area (Å²) in [6, 6.07) is 0. The third kappa shape index (κ3) is 2.52. The molecule has 2 aliphatic carbocycles. The van der Waals surface area contributed by atoms with E-state index in [0.29, 0.717) is 0 Å². The van der Waals surface area contributed by atoms with Gasteiger partial charge in [-0.3, -0.25) is 0 Å². The predicted molar refractivity (Wildman–Crippen MR) is 75.0 cm³/mol. The summed E-state index contributed by atoms with van der Waals surface area (Å²) >= 11 is 0. The van der Waals surface area contributed by atoms with E-state index in [1.54, 1.807) is 12.2 Å². The van der Waals surface area contributed by atoms with E-state index >= 15 is 0 Å². The third-order valence-electron chi connectivity index (χ3n) is 3.15. The van der Waals surface area contributed by atoms with Gasteiger partial charge in [0.15, 0.2) is 0 Å². The molecule has 4 nitrogen and oxygen atoms in total. The third-order valence-corrected chi connectivity index (χ3v) is 3.15. The Hall–Kier alpha value is -1.46. The minimum Gasteiger partial charge on any atom is -0.307 e. The summed E-state index contributed by atoms with van der Waals surface area (Å²) in [6.45, 7) is 3.99. The fourth-order valence-electron chi connectivity index (χ4n) is 2.32. The van der Waals surface area contributed by atoms with Gasteiger partial charge in [0, 0.05) is 0 Å². The van der Waals surface area contributed by atoms with E-state index in [9.17, 15) is 0 Å². The number of hydrogen-bond acceptors (Lipinski definition) is 4. The molecule has 0 fully saturated rings. The quantitative estimate of drug-likeness (QED) is 0.467. The summed E-state index contributed by atoms with van der Waals surface area (Å²) in [7, 11) is 0. The summed E-state index contributed by atoms with van der Waals surface area (Å²) in [6.07, 6.45) is 11.2. The van der Waals surface area contributed by atoms with E-state index in [2.05, 4.69) is 0 Å². The van der Waals surface area contributed by atoms with Crippen LogP contribution in [0.2, 0.25) is 0 Å². The van der Waals surface area contributed by atoms with E-state index in [-0.39, 0.29) is 0 Å². The molecule has 2 rings (SSSR count). The fourth-order valence-corrected chi connectivity index (χ4v) is 2.32. The van der Waals surface area contributed by atoms with Crippen LogP contribution >= 0.6 is 0 Å². The molecule has 0 bridgehead atoms. The molecule has 96 valence electrons. The van der Waals surface area contributed by atoms with Gasteiger partial charge in [0.25, 0.3) is 0 Å². The van der Waals surface area contributed by atoms with Gasteiger partial charge in [0.05, 0.1) is 0 Å². The lowest BCUT2D eigenvalue weighted by Gasteiger charge is -2.27. The van der Waals surface area contributed by atoms with Crippen molar-refractivity contribution in [2.45, 2.75) is 25.2 Å². The molecule has 0 aromatic heterocycles. The summed E-state index contributed by atoms with van der Waals surface area (Å²) in [5.74, 6) is 0. The Balaban J connectivity index is 2.47. The highest BCUT2D eigenvalue weighted by atomic mass is 14.9. The molecule has 0 aliphatic heterocycles. The Bertz CT molecular complexity index is 480. The van der Waals surface area contributed by atoms with Gasteiger partial charge in [-0.05, 0) is 60.4 Å². The Morgan fingerprint density at radius 2 is 1.06 bits per heavy atom. The molecule has 0 amide bonds. The minimum absolute atomic E-state index is 0.865. The molecule has 0 saturated heterocycles. The van der Waals surface area contributed by atoms with Crippen molar-refractivity contribution in [3.8, 4) is 0 Å². The molecule has 0 unspecified atom stereocenters. The van der Waals surface area contributed by atoms with Crippen molar-refractivity contribution in [3.63, 3.8) is 0 Å². The first-order valence-electron chi connectivity index (χ1n) is 5.88. The lowest BCUT2D eigenvalue weighted by atomic mass is 9.85. The van der Waals surface area contributed by atoms with Gasteiger partial charge >= 0.3 is 0 Å². The molecule has 0 spiro atoms. The van der Waals surface area contributed by atoms with E-state index in [0.717, 1.165) is 22.3 Å². The zero-order valence-electron chi connectivity index (χ0n) is 10.8. The van der Waals surface area contributed by atoms with Crippen molar-refractivity contribution in [2.75, 3.05) is 0 Å². The van der Waals surface area contributed by atoms with Crippen LogP contribution in [0.5, 0.6) is 0 Å². The van der Waals surface area contributed by atoms with E-state index in [4.69, 9.17) is 22.9 Å². The average molecular weight is 244 g/mol. The summed E-state index contributed by atoms with van der Waals surface area (Å²) in [5.41, 5.74) is 26.0. The highest BCUT2D eigenvalue weighted by Gasteiger charge is 2.22. The highest BCUT2D eigenvalue weighted by molar-refractivity contribution is 5.59. The van der Waals surface area contributed by atoms with Crippen LogP contribution in [0.4, 0.5) is 0 Å². The van der Waals surface area contributed by atoms with Crippen LogP contribution in [0.15, 0.2) is 58.7 Å². The van der Waals surface area contributed by atoms with Gasteiger partial charge < -0.3 is 22.9 Å². The first-order valence-corrected chi connectivity index (χ1v) is 5.88. The Morgan fingerprint density at radius 1 is 0.722 bits per heavy atom. The second kappa shape index (κ2) is 4.03. The number of nitrogens with two attached hydrogens (primary N) is 4. The van der Waals surface area contributed by atoms with Crippen LogP contribution in [0, 0.1) is 0 Å². The van der Waals surface area contributed by atoms with Crippen LogP contribution in [0.3, 0.4) is 0 Å². The molecule has 0 aromatic carbocycles. The van der Waals surface area contributed by atoms with Gasteiger partial charge in [0.1, 0.15) is 11.3 Å². The van der Waals surface area contributed by atoms with Gasteiger partial charge in [-0.15, -0.1) is 0 Å². The molecule has 18 heavy (non-hydrogen) atoms. The first-order chi connectivity index (χ1) is 8.20. The summed E-state index contributed by atoms with van der Waals surface area (Å²) < 4.78 is 0. The van der Waals surface area contributed by atoms with E-state index in [1.807, 2.05) is 38.2 Å². The largest absolute Gasteiger partial charge is 0.307 e. The van der Waals surface area contributed by atoms with Crippen molar-refractivity contribution in [2.24, 2.45) is 22.9 Å². The molecule has 0 saturated carbocycles. The maximum Gasteiger partial charge on any atom is 0.103 e. The van der Waals surface area contributed by atoms with Crippen molar-refractivity contribution in [3.05, 3.63) is 58.7 Å². The summed E-state index contributed by atoms with van der Waals surface area (Å²) in [5, 5.41) is 0. The standard InChI is InChI=1S/C14H20N4/c1-9-7-13(15,16)5-3-11(9)12-4-6-14(17,18)8-10(12)2/h3-8H,15-18H2,1-2H3. The molecule has 0 radical (unpaired) electrons. The lowest BCUT2D eigenvalue weighted by Crippen LogP contribution is -2.47. The Kier molecular flexibility index (Phi) is 2.91. The predicted octanol–water partition coefficient (Wildman–Crippen LogP) is 0.543. The average Bonchev–Trinajstić information content (AvgIpc) is 2.17. The smallest absolute Gasteiger partial charge is 0.103 e. The monoisotopic (exact) mass is 244 g/mol. The Labute approximate surface area is 107 Å². The number of rotatable bonds is 0. The zero-order chi connectivity index (χ0) is 13.6. The number of allylic oxidation sites excluding steroid dienone is 6.